The Bertz CT molecular complexity index is 1360. The van der Waals surface area contributed by atoms with Gasteiger partial charge in [-0.15, -0.1) is 0 Å². The Hall–Kier alpha value is -2.76. The van der Waals surface area contributed by atoms with Gasteiger partial charge < -0.3 is 58.8 Å². The molecule has 0 aromatic rings. The van der Waals surface area contributed by atoms with Gasteiger partial charge in [0.15, 0.2) is 18.4 Å². The van der Waals surface area contributed by atoms with Crippen LogP contribution in [0.2, 0.25) is 0 Å². The summed E-state index contributed by atoms with van der Waals surface area (Å²) in [5, 5.41) is 36.2. The number of aliphatic hydroxyl groups excluding tert-OH is 3. The maximum Gasteiger partial charge on any atom is 0.407 e. The van der Waals surface area contributed by atoms with E-state index in [4.69, 9.17) is 28.4 Å². The number of allylic oxidation sites excluding steroid dienone is 3. The van der Waals surface area contributed by atoms with E-state index in [1.165, 1.54) is 13.1 Å². The summed E-state index contributed by atoms with van der Waals surface area (Å²) in [5.74, 6) is -3.47. The number of ether oxygens (including phenoxy) is 6. The van der Waals surface area contributed by atoms with E-state index in [2.05, 4.69) is 5.32 Å². The molecule has 0 radical (unpaired) electrons. The van der Waals surface area contributed by atoms with Gasteiger partial charge in [-0.1, -0.05) is 52.3 Å². The topological polar surface area (TPSA) is 200 Å². The monoisotopic (exact) mass is 796 g/mol. The number of amides is 1. The Balaban J connectivity index is 1.96. The molecule has 0 bridgehead atoms. The van der Waals surface area contributed by atoms with Crippen molar-refractivity contribution in [2.24, 2.45) is 35.5 Å². The van der Waals surface area contributed by atoms with Crippen molar-refractivity contribution in [2.45, 2.75) is 149 Å². The zero-order valence-corrected chi connectivity index (χ0v) is 35.0. The highest BCUT2D eigenvalue weighted by molar-refractivity contribution is 5.91. The van der Waals surface area contributed by atoms with Gasteiger partial charge in [0.25, 0.3) is 0 Å². The van der Waals surface area contributed by atoms with Gasteiger partial charge in [-0.25, -0.2) is 4.79 Å². The van der Waals surface area contributed by atoms with Gasteiger partial charge in [-0.3, -0.25) is 9.59 Å². The maximum atomic E-state index is 13.6. The molecule has 15 nitrogen and oxygen atoms in total. The van der Waals surface area contributed by atoms with Gasteiger partial charge in [0, 0.05) is 37.1 Å². The molecular weight excluding hydrogens is 728 g/mol. The summed E-state index contributed by atoms with van der Waals surface area (Å²) in [6.45, 7) is 14.7. The van der Waals surface area contributed by atoms with E-state index < -0.39 is 110 Å². The summed E-state index contributed by atoms with van der Waals surface area (Å²) in [5.41, 5.74) is 0.738. The van der Waals surface area contributed by atoms with Crippen molar-refractivity contribution in [1.82, 2.24) is 10.2 Å². The van der Waals surface area contributed by atoms with Crippen molar-refractivity contribution in [3.05, 3.63) is 23.8 Å². The van der Waals surface area contributed by atoms with Gasteiger partial charge in [-0.05, 0) is 65.6 Å². The van der Waals surface area contributed by atoms with Crippen LogP contribution < -0.4 is 5.32 Å². The molecule has 2 fully saturated rings. The summed E-state index contributed by atoms with van der Waals surface area (Å²) >= 11 is 0. The highest BCUT2D eigenvalue weighted by Gasteiger charge is 2.49. The van der Waals surface area contributed by atoms with Crippen LogP contribution in [0.1, 0.15) is 81.1 Å². The molecule has 3 aliphatic rings. The lowest BCUT2D eigenvalue weighted by molar-refractivity contribution is -0.303. The van der Waals surface area contributed by atoms with Gasteiger partial charge in [0.1, 0.15) is 24.6 Å². The number of hydrogen-bond acceptors (Lipinski definition) is 14. The number of carbonyl (C=O) groups is 4. The largest absolute Gasteiger partial charge is 0.462 e. The summed E-state index contributed by atoms with van der Waals surface area (Å²) in [6.07, 6.45) is -3.58. The zero-order valence-electron chi connectivity index (χ0n) is 35.0. The maximum absolute atomic E-state index is 13.6. The average molecular weight is 797 g/mol. The molecule has 1 amide bonds. The van der Waals surface area contributed by atoms with E-state index in [9.17, 15) is 34.5 Å². The van der Waals surface area contributed by atoms with E-state index in [1.54, 1.807) is 52.8 Å². The molecule has 3 aliphatic heterocycles. The summed E-state index contributed by atoms with van der Waals surface area (Å²) in [7, 11) is 4.86. The van der Waals surface area contributed by atoms with Crippen molar-refractivity contribution >= 4 is 24.1 Å². The first-order valence-corrected chi connectivity index (χ1v) is 20.0. The molecule has 15 heteroatoms. The first kappa shape index (κ1) is 47.6. The SMILES string of the molecule is CC[C@H]1OC(=O)C[C@@H](O)[C@H](C)[C@@H](O[C@@H]2O[C@H](C)[C@@H](OC(=O)NC)[C@H](N(C)C)[C@H]2O)[C@@H](CC=O)C[C@@H](C)C(=O)/C=C/C(C)=C/[C@@H]1CO[C@@H]1O[C@H](C)[C@@H](O)[C@@H](C)[C@H]1C. The molecule has 0 aliphatic carbocycles. The first-order chi connectivity index (χ1) is 26.3. The Morgan fingerprint density at radius 1 is 0.946 bits per heavy atom. The molecule has 56 heavy (non-hydrogen) atoms. The second kappa shape index (κ2) is 21.8. The molecule has 0 aromatic carbocycles. The van der Waals surface area contributed by atoms with E-state index >= 15 is 0 Å². The fourth-order valence-corrected chi connectivity index (χ4v) is 8.04. The Kier molecular flexibility index (Phi) is 18.6. The van der Waals surface area contributed by atoms with Crippen LogP contribution in [0.5, 0.6) is 0 Å². The number of likely N-dealkylation sites (N-methyl/N-ethyl adjacent to an activating group) is 1. The predicted molar refractivity (Wildman–Crippen MR) is 206 cm³/mol. The van der Waals surface area contributed by atoms with E-state index in [0.717, 1.165) is 11.9 Å². The third-order valence-electron chi connectivity index (χ3n) is 11.8. The molecule has 0 saturated carbocycles. The quantitative estimate of drug-likeness (QED) is 0.186. The number of nitrogens with zero attached hydrogens (tertiary/aromatic N) is 1. The number of alkyl carbamates (subject to hydrolysis) is 1. The molecule has 0 spiro atoms. The normalized spacial score (nSPS) is 42.3. The molecule has 2 saturated heterocycles. The fraction of sp³-hybridized carbons (Fsp3) is 0.805. The molecular formula is C41H68N2O13. The third kappa shape index (κ3) is 12.4. The lowest BCUT2D eigenvalue weighted by Crippen LogP contribution is -2.64. The number of rotatable bonds is 10. The van der Waals surface area contributed by atoms with Crippen LogP contribution >= 0.6 is 0 Å². The van der Waals surface area contributed by atoms with E-state index in [0.29, 0.717) is 6.42 Å². The third-order valence-corrected chi connectivity index (χ3v) is 11.8. The van der Waals surface area contributed by atoms with Crippen molar-refractivity contribution in [2.75, 3.05) is 27.7 Å². The predicted octanol–water partition coefficient (Wildman–Crippen LogP) is 3.17. The van der Waals surface area contributed by atoms with Crippen molar-refractivity contribution in [1.29, 1.82) is 0 Å². The van der Waals surface area contributed by atoms with Gasteiger partial charge in [0.2, 0.25) is 0 Å². The molecule has 320 valence electrons. The molecule has 0 unspecified atom stereocenters. The first-order valence-electron chi connectivity index (χ1n) is 20.0. The Labute approximate surface area is 332 Å². The number of nitrogens with one attached hydrogen (secondary N) is 1. The van der Waals surface area contributed by atoms with Crippen molar-refractivity contribution in [3.8, 4) is 0 Å². The highest BCUT2D eigenvalue weighted by Crippen LogP contribution is 2.36. The van der Waals surface area contributed by atoms with Crippen LogP contribution in [0.4, 0.5) is 4.79 Å². The van der Waals surface area contributed by atoms with Crippen LogP contribution in [0.3, 0.4) is 0 Å². The lowest BCUT2D eigenvalue weighted by atomic mass is 9.79. The second-order valence-corrected chi connectivity index (χ2v) is 16.3. The molecule has 3 heterocycles. The van der Waals surface area contributed by atoms with Gasteiger partial charge >= 0.3 is 12.1 Å². The second-order valence-electron chi connectivity index (χ2n) is 16.3. The van der Waals surface area contributed by atoms with Crippen LogP contribution in [-0.4, -0.2) is 140 Å². The van der Waals surface area contributed by atoms with Crippen LogP contribution in [0.15, 0.2) is 23.8 Å². The Morgan fingerprint density at radius 3 is 2.21 bits per heavy atom. The number of aliphatic hydroxyl groups is 3. The minimum absolute atomic E-state index is 0.0379. The fourth-order valence-electron chi connectivity index (χ4n) is 8.04. The van der Waals surface area contributed by atoms with E-state index in [-0.39, 0.29) is 37.1 Å². The number of carbonyl (C=O) groups excluding carboxylic acids is 4. The number of esters is 1. The van der Waals surface area contributed by atoms with Crippen molar-refractivity contribution < 1.29 is 62.9 Å². The van der Waals surface area contributed by atoms with Crippen LogP contribution in [-0.2, 0) is 42.8 Å². The lowest BCUT2D eigenvalue weighted by Gasteiger charge is -2.47. The zero-order chi connectivity index (χ0) is 42.0. The number of ketones is 1. The molecule has 0 aromatic heterocycles. The van der Waals surface area contributed by atoms with Crippen LogP contribution in [0, 0.1) is 35.5 Å². The summed E-state index contributed by atoms with van der Waals surface area (Å²) in [4.78, 5) is 53.2. The molecule has 4 N–H and O–H groups in total. The van der Waals surface area contributed by atoms with Crippen LogP contribution in [0.25, 0.3) is 0 Å². The summed E-state index contributed by atoms with van der Waals surface area (Å²) in [6, 6.07) is -0.761. The van der Waals surface area contributed by atoms with Gasteiger partial charge in [0.05, 0.1) is 49.6 Å². The van der Waals surface area contributed by atoms with Gasteiger partial charge in [-0.2, -0.15) is 0 Å². The minimum Gasteiger partial charge on any atom is -0.462 e. The van der Waals surface area contributed by atoms with E-state index in [1.807, 2.05) is 33.8 Å². The highest BCUT2D eigenvalue weighted by atomic mass is 16.7. The standard InChI is InChI=1S/C41H68N2O13/c1-12-32-29(20-51-39-24(5)23(4)35(48)26(7)52-39)17-21(2)13-14-30(45)22(3)18-28(15-16-44)37(25(6)31(46)19-33(47)54-32)55-40-36(49)34(43(10)11)38(27(8)53-40)56-41(50)42-9/h13-14,16-17,22-29,31-32,34-40,46,48-49H,12,15,18-20H2,1-11H3,(H,42,50)/b14-13+,21-17+/t22-,23+,24-,25+,26-,27-,28+,29-,31-,32-,34-,35+,36-,37-,38-,39-,40+/m1/s1. The number of hydrogen-bond donors (Lipinski definition) is 4. The minimum atomic E-state index is -1.35. The molecule has 17 atom stereocenters. The number of cyclic esters (lactones) is 1. The smallest absolute Gasteiger partial charge is 0.407 e. The Morgan fingerprint density at radius 2 is 1.61 bits per heavy atom. The molecule has 3 rings (SSSR count). The van der Waals surface area contributed by atoms with Crippen molar-refractivity contribution in [3.63, 3.8) is 0 Å². The summed E-state index contributed by atoms with van der Waals surface area (Å²) < 4.78 is 36.5. The average Bonchev–Trinajstić information content (AvgIpc) is 3.15. The number of aldehydes is 1.